The number of allylic oxidation sites excluding steroid dienone is 1. The van der Waals surface area contributed by atoms with Gasteiger partial charge in [0.15, 0.2) is 0 Å². The van der Waals surface area contributed by atoms with Crippen molar-refractivity contribution in [1.29, 1.82) is 0 Å². The standard InChI is InChI=1S/C10H20ClN/c1-4-5-8-12-10(6-7-11)9(2)3/h4-5,9-10,12H,6-8H2,1-3H3/b5-4+. The van der Waals surface area contributed by atoms with Gasteiger partial charge in [0, 0.05) is 18.5 Å². The zero-order chi connectivity index (χ0) is 9.40. The highest BCUT2D eigenvalue weighted by molar-refractivity contribution is 6.17. The Morgan fingerprint density at radius 3 is 2.50 bits per heavy atom. The summed E-state index contributed by atoms with van der Waals surface area (Å²) in [6, 6.07) is 0.554. The molecule has 1 unspecified atom stereocenters. The molecular formula is C10H20ClN. The number of halogens is 1. The third-order valence-corrected chi connectivity index (χ3v) is 2.18. The van der Waals surface area contributed by atoms with Gasteiger partial charge in [-0.25, -0.2) is 0 Å². The summed E-state index contributed by atoms with van der Waals surface area (Å²) in [6.07, 6.45) is 5.24. The summed E-state index contributed by atoms with van der Waals surface area (Å²) < 4.78 is 0. The van der Waals surface area contributed by atoms with Crippen molar-refractivity contribution in [2.75, 3.05) is 12.4 Å². The zero-order valence-electron chi connectivity index (χ0n) is 8.31. The maximum absolute atomic E-state index is 5.70. The van der Waals surface area contributed by atoms with E-state index in [4.69, 9.17) is 11.6 Å². The molecule has 1 atom stereocenters. The minimum absolute atomic E-state index is 0.554. The second-order valence-corrected chi connectivity index (χ2v) is 3.68. The molecular weight excluding hydrogens is 170 g/mol. The van der Waals surface area contributed by atoms with E-state index in [9.17, 15) is 0 Å². The van der Waals surface area contributed by atoms with Crippen LogP contribution in [0.1, 0.15) is 27.2 Å². The van der Waals surface area contributed by atoms with Crippen molar-refractivity contribution in [3.63, 3.8) is 0 Å². The van der Waals surface area contributed by atoms with Gasteiger partial charge in [0.25, 0.3) is 0 Å². The number of hydrogen-bond acceptors (Lipinski definition) is 1. The van der Waals surface area contributed by atoms with Crippen LogP contribution in [0.15, 0.2) is 12.2 Å². The molecule has 0 aliphatic heterocycles. The van der Waals surface area contributed by atoms with Crippen LogP contribution >= 0.6 is 11.6 Å². The molecule has 0 aromatic heterocycles. The Morgan fingerprint density at radius 2 is 2.08 bits per heavy atom. The van der Waals surface area contributed by atoms with Crippen molar-refractivity contribution in [3.05, 3.63) is 12.2 Å². The Labute approximate surface area is 81.2 Å². The molecule has 0 aromatic rings. The molecule has 2 heteroatoms. The molecule has 0 saturated heterocycles. The molecule has 0 amide bonds. The van der Waals surface area contributed by atoms with E-state index < -0.39 is 0 Å². The zero-order valence-corrected chi connectivity index (χ0v) is 9.06. The maximum Gasteiger partial charge on any atom is 0.0238 e. The lowest BCUT2D eigenvalue weighted by molar-refractivity contribution is 0.405. The van der Waals surface area contributed by atoms with Crippen molar-refractivity contribution in [2.45, 2.75) is 33.2 Å². The third kappa shape index (κ3) is 5.62. The van der Waals surface area contributed by atoms with Gasteiger partial charge in [0.2, 0.25) is 0 Å². The van der Waals surface area contributed by atoms with Crippen molar-refractivity contribution in [3.8, 4) is 0 Å². The van der Waals surface area contributed by atoms with Crippen molar-refractivity contribution in [1.82, 2.24) is 5.32 Å². The molecule has 0 fully saturated rings. The quantitative estimate of drug-likeness (QED) is 0.501. The van der Waals surface area contributed by atoms with Gasteiger partial charge in [-0.05, 0) is 19.3 Å². The van der Waals surface area contributed by atoms with Gasteiger partial charge >= 0.3 is 0 Å². The lowest BCUT2D eigenvalue weighted by Gasteiger charge is -2.20. The Kier molecular flexibility index (Phi) is 7.62. The number of hydrogen-bond donors (Lipinski definition) is 1. The number of nitrogens with one attached hydrogen (secondary N) is 1. The fraction of sp³-hybridized carbons (Fsp3) is 0.800. The van der Waals surface area contributed by atoms with Gasteiger partial charge in [0.1, 0.15) is 0 Å². The molecule has 72 valence electrons. The van der Waals surface area contributed by atoms with Crippen LogP contribution < -0.4 is 5.32 Å². The van der Waals surface area contributed by atoms with Crippen LogP contribution in [0.3, 0.4) is 0 Å². The van der Waals surface area contributed by atoms with Gasteiger partial charge in [0.05, 0.1) is 0 Å². The van der Waals surface area contributed by atoms with Crippen LogP contribution in [0.25, 0.3) is 0 Å². The average molecular weight is 190 g/mol. The van der Waals surface area contributed by atoms with Crippen LogP contribution in [0, 0.1) is 5.92 Å². The molecule has 0 aliphatic rings. The van der Waals surface area contributed by atoms with Crippen molar-refractivity contribution >= 4 is 11.6 Å². The van der Waals surface area contributed by atoms with Crippen molar-refractivity contribution in [2.24, 2.45) is 5.92 Å². The molecule has 0 aromatic carbocycles. The fourth-order valence-corrected chi connectivity index (χ4v) is 1.36. The van der Waals surface area contributed by atoms with E-state index in [0.29, 0.717) is 12.0 Å². The lowest BCUT2D eigenvalue weighted by Crippen LogP contribution is -2.34. The molecule has 0 radical (unpaired) electrons. The predicted octanol–water partition coefficient (Wildman–Crippen LogP) is 2.81. The second kappa shape index (κ2) is 7.63. The first-order valence-electron chi connectivity index (χ1n) is 4.62. The van der Waals surface area contributed by atoms with Crippen LogP contribution in [0.5, 0.6) is 0 Å². The lowest BCUT2D eigenvalue weighted by atomic mass is 10.0. The highest BCUT2D eigenvalue weighted by Crippen LogP contribution is 2.06. The topological polar surface area (TPSA) is 12.0 Å². The van der Waals surface area contributed by atoms with Gasteiger partial charge < -0.3 is 5.32 Å². The summed E-state index contributed by atoms with van der Waals surface area (Å²) in [7, 11) is 0. The SMILES string of the molecule is C/C=C/CNC(CCCl)C(C)C. The van der Waals surface area contributed by atoms with E-state index in [-0.39, 0.29) is 0 Å². The van der Waals surface area contributed by atoms with Gasteiger partial charge in [-0.2, -0.15) is 0 Å². The predicted molar refractivity (Wildman–Crippen MR) is 56.8 cm³/mol. The maximum atomic E-state index is 5.70. The third-order valence-electron chi connectivity index (χ3n) is 1.96. The van der Waals surface area contributed by atoms with E-state index in [1.807, 2.05) is 6.92 Å². The van der Waals surface area contributed by atoms with Crippen molar-refractivity contribution < 1.29 is 0 Å². The average Bonchev–Trinajstić information content (AvgIpc) is 2.03. The van der Waals surface area contributed by atoms with Crippen LogP contribution in [-0.4, -0.2) is 18.5 Å². The summed E-state index contributed by atoms with van der Waals surface area (Å²) in [4.78, 5) is 0. The number of alkyl halides is 1. The first-order valence-corrected chi connectivity index (χ1v) is 5.16. The van der Waals surface area contributed by atoms with E-state index >= 15 is 0 Å². The van der Waals surface area contributed by atoms with E-state index in [1.54, 1.807) is 0 Å². The van der Waals surface area contributed by atoms with Gasteiger partial charge in [-0.15, -0.1) is 11.6 Å². The summed E-state index contributed by atoms with van der Waals surface area (Å²) in [6.45, 7) is 7.43. The summed E-state index contributed by atoms with van der Waals surface area (Å²) >= 11 is 5.70. The number of rotatable bonds is 6. The Balaban J connectivity index is 3.63. The monoisotopic (exact) mass is 189 g/mol. The summed E-state index contributed by atoms with van der Waals surface area (Å²) in [5.74, 6) is 1.40. The first-order chi connectivity index (χ1) is 5.72. The van der Waals surface area contributed by atoms with E-state index in [2.05, 4.69) is 31.3 Å². The molecule has 0 heterocycles. The molecule has 1 nitrogen and oxygen atoms in total. The molecule has 0 aliphatic carbocycles. The normalized spacial score (nSPS) is 14.4. The first kappa shape index (κ1) is 12.0. The fourth-order valence-electron chi connectivity index (χ4n) is 1.13. The minimum Gasteiger partial charge on any atom is -0.310 e. The molecule has 1 N–H and O–H groups in total. The molecule has 0 rings (SSSR count). The minimum atomic E-state index is 0.554. The van der Waals surface area contributed by atoms with Gasteiger partial charge in [-0.3, -0.25) is 0 Å². The van der Waals surface area contributed by atoms with Gasteiger partial charge in [-0.1, -0.05) is 26.0 Å². The van der Waals surface area contributed by atoms with Crippen LogP contribution in [-0.2, 0) is 0 Å². The molecule has 0 saturated carbocycles. The molecule has 12 heavy (non-hydrogen) atoms. The van der Waals surface area contributed by atoms with E-state index in [0.717, 1.165) is 18.8 Å². The Hall–Kier alpha value is -0.0100. The second-order valence-electron chi connectivity index (χ2n) is 3.31. The largest absolute Gasteiger partial charge is 0.310 e. The summed E-state index contributed by atoms with van der Waals surface area (Å²) in [5, 5.41) is 3.45. The molecule has 0 spiro atoms. The van der Waals surface area contributed by atoms with E-state index in [1.165, 1.54) is 0 Å². The smallest absolute Gasteiger partial charge is 0.0238 e. The Morgan fingerprint density at radius 1 is 1.42 bits per heavy atom. The highest BCUT2D eigenvalue weighted by atomic mass is 35.5. The van der Waals surface area contributed by atoms with Crippen LogP contribution in [0.4, 0.5) is 0 Å². The molecule has 0 bridgehead atoms. The summed E-state index contributed by atoms with van der Waals surface area (Å²) in [5.41, 5.74) is 0. The Bertz CT molecular complexity index is 121. The highest BCUT2D eigenvalue weighted by Gasteiger charge is 2.10. The van der Waals surface area contributed by atoms with Crippen LogP contribution in [0.2, 0.25) is 0 Å².